The van der Waals surface area contributed by atoms with Gasteiger partial charge in [-0.1, -0.05) is 12.1 Å². The molecule has 2 N–H and O–H groups in total. The number of carboxylic acids is 1. The van der Waals surface area contributed by atoms with Gasteiger partial charge in [0.15, 0.2) is 0 Å². The number of aryl methyl sites for hydroxylation is 1. The van der Waals surface area contributed by atoms with Gasteiger partial charge in [-0.05, 0) is 38.3 Å². The van der Waals surface area contributed by atoms with Crippen LogP contribution in [-0.2, 0) is 4.79 Å². The van der Waals surface area contributed by atoms with E-state index in [0.717, 1.165) is 16.3 Å². The summed E-state index contributed by atoms with van der Waals surface area (Å²) >= 11 is 1.58. The molecule has 1 amide bonds. The summed E-state index contributed by atoms with van der Waals surface area (Å²) in [5, 5.41) is 14.9. The molecule has 0 unspecified atom stereocenters. The van der Waals surface area contributed by atoms with Crippen LogP contribution in [0.4, 0.5) is 0 Å². The summed E-state index contributed by atoms with van der Waals surface area (Å²) in [6.07, 6.45) is 1.85. The van der Waals surface area contributed by atoms with Crippen LogP contribution in [0.1, 0.15) is 34.6 Å². The molecule has 23 heavy (non-hydrogen) atoms. The molecular formula is C17H18N2O3S. The maximum Gasteiger partial charge on any atom is 0.306 e. The summed E-state index contributed by atoms with van der Waals surface area (Å²) in [5.74, 6) is -1.28. The fourth-order valence-electron chi connectivity index (χ4n) is 2.92. The summed E-state index contributed by atoms with van der Waals surface area (Å²) in [6, 6.07) is 7.30. The normalized spacial score (nSPS) is 20.4. The van der Waals surface area contributed by atoms with Gasteiger partial charge in [0.05, 0.1) is 16.6 Å². The number of rotatable bonds is 4. The molecule has 0 spiro atoms. The van der Waals surface area contributed by atoms with Crippen molar-refractivity contribution in [3.8, 4) is 11.3 Å². The smallest absolute Gasteiger partial charge is 0.306 e. The summed E-state index contributed by atoms with van der Waals surface area (Å²) < 4.78 is 0. The van der Waals surface area contributed by atoms with Crippen molar-refractivity contribution in [2.75, 3.05) is 0 Å². The number of hydrogen-bond acceptors (Lipinski definition) is 4. The average molecular weight is 330 g/mol. The van der Waals surface area contributed by atoms with E-state index in [9.17, 15) is 9.59 Å². The Bertz CT molecular complexity index is 741. The van der Waals surface area contributed by atoms with E-state index in [1.807, 2.05) is 30.5 Å². The summed E-state index contributed by atoms with van der Waals surface area (Å²) in [4.78, 5) is 27.8. The second kappa shape index (κ2) is 6.50. The largest absolute Gasteiger partial charge is 0.481 e. The van der Waals surface area contributed by atoms with Crippen molar-refractivity contribution in [2.24, 2.45) is 5.92 Å². The van der Waals surface area contributed by atoms with Crippen LogP contribution in [0.3, 0.4) is 0 Å². The highest BCUT2D eigenvalue weighted by atomic mass is 32.1. The molecule has 1 heterocycles. The standard InChI is InChI=1S/C17H18N2O3S/c1-10-18-15(9-23-10)11-3-2-4-12(7-11)16(20)19-14-6-5-13(8-14)17(21)22/h2-4,7,9,13-14H,5-6,8H2,1H3,(H,19,20)(H,21,22)/t13-,14+/m0/s1. The number of nitrogens with zero attached hydrogens (tertiary/aromatic N) is 1. The molecule has 0 aliphatic heterocycles. The number of thiazole rings is 1. The van der Waals surface area contributed by atoms with E-state index < -0.39 is 5.97 Å². The number of carboxylic acid groups (broad SMARTS) is 1. The fraction of sp³-hybridized carbons (Fsp3) is 0.353. The number of carbonyl (C=O) groups is 2. The first-order chi connectivity index (χ1) is 11.0. The molecule has 6 heteroatoms. The van der Waals surface area contributed by atoms with Gasteiger partial charge in [-0.2, -0.15) is 0 Å². The van der Waals surface area contributed by atoms with Gasteiger partial charge < -0.3 is 10.4 Å². The Kier molecular flexibility index (Phi) is 4.43. The summed E-state index contributed by atoms with van der Waals surface area (Å²) in [6.45, 7) is 1.95. The highest BCUT2D eigenvalue weighted by Crippen LogP contribution is 2.26. The van der Waals surface area contributed by atoms with Crippen LogP contribution in [0.25, 0.3) is 11.3 Å². The van der Waals surface area contributed by atoms with E-state index in [1.165, 1.54) is 0 Å². The van der Waals surface area contributed by atoms with Gasteiger partial charge in [-0.15, -0.1) is 11.3 Å². The Labute approximate surface area is 138 Å². The van der Waals surface area contributed by atoms with Gasteiger partial charge in [0.1, 0.15) is 0 Å². The number of amides is 1. The van der Waals surface area contributed by atoms with Crippen LogP contribution in [0.15, 0.2) is 29.6 Å². The van der Waals surface area contributed by atoms with Crippen LogP contribution in [0.5, 0.6) is 0 Å². The first-order valence-corrected chi connectivity index (χ1v) is 8.47. The fourth-order valence-corrected chi connectivity index (χ4v) is 3.54. The molecule has 0 saturated heterocycles. The Morgan fingerprint density at radius 1 is 1.35 bits per heavy atom. The zero-order chi connectivity index (χ0) is 16.4. The van der Waals surface area contributed by atoms with Crippen LogP contribution in [-0.4, -0.2) is 28.0 Å². The van der Waals surface area contributed by atoms with Crippen molar-refractivity contribution in [2.45, 2.75) is 32.2 Å². The monoisotopic (exact) mass is 330 g/mol. The predicted molar refractivity (Wildman–Crippen MR) is 88.5 cm³/mol. The maximum absolute atomic E-state index is 12.4. The zero-order valence-electron chi connectivity index (χ0n) is 12.8. The molecular weight excluding hydrogens is 312 g/mol. The third-order valence-electron chi connectivity index (χ3n) is 4.16. The quantitative estimate of drug-likeness (QED) is 0.903. The molecule has 0 bridgehead atoms. The SMILES string of the molecule is Cc1nc(-c2cccc(C(=O)N[C@@H]3CC[C@H](C(=O)O)C3)c2)cs1. The minimum atomic E-state index is -0.775. The van der Waals surface area contributed by atoms with Gasteiger partial charge in [-0.25, -0.2) is 4.98 Å². The first-order valence-electron chi connectivity index (χ1n) is 7.59. The van der Waals surface area contributed by atoms with E-state index in [2.05, 4.69) is 10.3 Å². The van der Waals surface area contributed by atoms with Crippen LogP contribution in [0.2, 0.25) is 0 Å². The Morgan fingerprint density at radius 3 is 2.83 bits per heavy atom. The minimum Gasteiger partial charge on any atom is -0.481 e. The number of hydrogen-bond donors (Lipinski definition) is 2. The zero-order valence-corrected chi connectivity index (χ0v) is 13.6. The maximum atomic E-state index is 12.4. The molecule has 1 aliphatic rings. The second-order valence-electron chi connectivity index (χ2n) is 5.85. The average Bonchev–Trinajstić information content (AvgIpc) is 3.16. The molecule has 1 aromatic heterocycles. The van der Waals surface area contributed by atoms with Crippen molar-refractivity contribution in [1.29, 1.82) is 0 Å². The van der Waals surface area contributed by atoms with E-state index in [1.54, 1.807) is 17.4 Å². The van der Waals surface area contributed by atoms with Crippen molar-refractivity contribution in [1.82, 2.24) is 10.3 Å². The predicted octanol–water partition coefficient (Wildman–Crippen LogP) is 3.10. The molecule has 1 aromatic carbocycles. The Hall–Kier alpha value is -2.21. The van der Waals surface area contributed by atoms with Crippen LogP contribution in [0, 0.1) is 12.8 Å². The Morgan fingerprint density at radius 2 is 2.17 bits per heavy atom. The third kappa shape index (κ3) is 3.59. The topological polar surface area (TPSA) is 79.3 Å². The van der Waals surface area contributed by atoms with Crippen LogP contribution < -0.4 is 5.32 Å². The molecule has 2 aromatic rings. The second-order valence-corrected chi connectivity index (χ2v) is 6.91. The van der Waals surface area contributed by atoms with E-state index >= 15 is 0 Å². The Balaban J connectivity index is 1.70. The molecule has 1 saturated carbocycles. The molecule has 1 aliphatic carbocycles. The van der Waals surface area contributed by atoms with Crippen molar-refractivity contribution < 1.29 is 14.7 Å². The molecule has 120 valence electrons. The molecule has 3 rings (SSSR count). The van der Waals surface area contributed by atoms with Crippen molar-refractivity contribution in [3.05, 3.63) is 40.2 Å². The number of benzene rings is 1. The molecule has 0 radical (unpaired) electrons. The lowest BCUT2D eigenvalue weighted by molar-refractivity contribution is -0.141. The van der Waals surface area contributed by atoms with E-state index in [0.29, 0.717) is 24.8 Å². The van der Waals surface area contributed by atoms with Gasteiger partial charge in [0, 0.05) is 22.5 Å². The van der Waals surface area contributed by atoms with E-state index in [-0.39, 0.29) is 17.9 Å². The van der Waals surface area contributed by atoms with Gasteiger partial charge in [0.25, 0.3) is 5.91 Å². The van der Waals surface area contributed by atoms with Crippen LogP contribution >= 0.6 is 11.3 Å². The number of aromatic nitrogens is 1. The van der Waals surface area contributed by atoms with E-state index in [4.69, 9.17) is 5.11 Å². The summed E-state index contributed by atoms with van der Waals surface area (Å²) in [5.41, 5.74) is 2.36. The lowest BCUT2D eigenvalue weighted by Crippen LogP contribution is -2.33. The number of aliphatic carboxylic acids is 1. The lowest BCUT2D eigenvalue weighted by atomic mass is 10.1. The van der Waals surface area contributed by atoms with Gasteiger partial charge in [-0.3, -0.25) is 9.59 Å². The highest BCUT2D eigenvalue weighted by molar-refractivity contribution is 7.09. The molecule has 2 atom stereocenters. The molecule has 5 nitrogen and oxygen atoms in total. The summed E-state index contributed by atoms with van der Waals surface area (Å²) in [7, 11) is 0. The first kappa shape index (κ1) is 15.7. The van der Waals surface area contributed by atoms with Crippen molar-refractivity contribution in [3.63, 3.8) is 0 Å². The third-order valence-corrected chi connectivity index (χ3v) is 4.93. The highest BCUT2D eigenvalue weighted by Gasteiger charge is 2.30. The molecule has 1 fully saturated rings. The number of nitrogens with one attached hydrogen (secondary N) is 1. The lowest BCUT2D eigenvalue weighted by Gasteiger charge is -2.12. The van der Waals surface area contributed by atoms with Crippen molar-refractivity contribution >= 4 is 23.2 Å². The van der Waals surface area contributed by atoms with Gasteiger partial charge >= 0.3 is 5.97 Å². The minimum absolute atomic E-state index is 0.0613. The number of carbonyl (C=O) groups excluding carboxylic acids is 1. The van der Waals surface area contributed by atoms with Gasteiger partial charge in [0.2, 0.25) is 0 Å².